The number of rotatable bonds is 15. The highest BCUT2D eigenvalue weighted by atomic mass is 31.2. The van der Waals surface area contributed by atoms with Gasteiger partial charge in [0.15, 0.2) is 11.2 Å². The van der Waals surface area contributed by atoms with Crippen molar-refractivity contribution in [3.05, 3.63) is 35.9 Å². The minimum absolute atomic E-state index is 0.0111. The standard InChI is InChI=1S/C23H39NO9P2/c1-8-29-34(27,30-9-2)20(35(28,31-10-3)32-11-4)17-19(24-22(26)33-23(5,6)7)21(25)18-15-13-12-14-16-18/h12-16,19-20H,8-11,17H2,1-7H3,(H,24,26). The highest BCUT2D eigenvalue weighted by Crippen LogP contribution is 2.71. The Kier molecular flexibility index (Phi) is 12.8. The fourth-order valence-electron chi connectivity index (χ4n) is 3.27. The Morgan fingerprint density at radius 3 is 1.63 bits per heavy atom. The van der Waals surface area contributed by atoms with Crippen LogP contribution in [0.15, 0.2) is 30.3 Å². The lowest BCUT2D eigenvalue weighted by molar-refractivity contribution is 0.0487. The zero-order valence-electron chi connectivity index (χ0n) is 21.6. The lowest BCUT2D eigenvalue weighted by Crippen LogP contribution is -2.45. The molecule has 0 spiro atoms. The van der Waals surface area contributed by atoms with Crippen LogP contribution in [0.1, 0.15) is 65.2 Å². The second kappa shape index (κ2) is 14.3. The molecule has 0 saturated carbocycles. The van der Waals surface area contributed by atoms with Crippen LogP contribution in [0.3, 0.4) is 0 Å². The van der Waals surface area contributed by atoms with Gasteiger partial charge in [0.1, 0.15) is 5.60 Å². The number of hydrogen-bond donors (Lipinski definition) is 1. The topological polar surface area (TPSA) is 126 Å². The van der Waals surface area contributed by atoms with E-state index >= 15 is 0 Å². The average Bonchev–Trinajstić information content (AvgIpc) is 2.76. The first-order valence-corrected chi connectivity index (χ1v) is 14.9. The Morgan fingerprint density at radius 2 is 1.26 bits per heavy atom. The maximum absolute atomic E-state index is 13.9. The number of hydrogen-bond acceptors (Lipinski definition) is 9. The number of ketones is 1. The summed E-state index contributed by atoms with van der Waals surface area (Å²) in [5.41, 5.74) is -0.542. The second-order valence-electron chi connectivity index (χ2n) is 8.40. The maximum atomic E-state index is 13.9. The summed E-state index contributed by atoms with van der Waals surface area (Å²) in [4.78, 5) is 26.1. The van der Waals surface area contributed by atoms with Gasteiger partial charge in [0.05, 0.1) is 32.5 Å². The molecule has 0 aromatic heterocycles. The molecule has 12 heteroatoms. The fourth-order valence-corrected chi connectivity index (χ4v) is 8.67. The number of carbonyl (C=O) groups excluding carboxylic acids is 2. The number of nitrogens with one attached hydrogen (secondary N) is 1. The summed E-state index contributed by atoms with van der Waals surface area (Å²) in [5.74, 6) is -0.499. The Hall–Kier alpha value is -1.54. The third kappa shape index (κ3) is 9.79. The molecule has 0 fully saturated rings. The van der Waals surface area contributed by atoms with Gasteiger partial charge in [-0.25, -0.2) is 4.79 Å². The van der Waals surface area contributed by atoms with Crippen molar-refractivity contribution in [1.82, 2.24) is 5.32 Å². The number of amides is 1. The van der Waals surface area contributed by atoms with Gasteiger partial charge in [-0.2, -0.15) is 0 Å². The van der Waals surface area contributed by atoms with E-state index in [1.54, 1.807) is 78.8 Å². The van der Waals surface area contributed by atoms with E-state index in [-0.39, 0.29) is 32.0 Å². The molecule has 35 heavy (non-hydrogen) atoms. The normalized spacial score (nSPS) is 13.5. The highest BCUT2D eigenvalue weighted by Gasteiger charge is 2.52. The van der Waals surface area contributed by atoms with Crippen molar-refractivity contribution < 1.29 is 41.6 Å². The zero-order chi connectivity index (χ0) is 26.7. The molecule has 0 aliphatic carbocycles. The van der Waals surface area contributed by atoms with Gasteiger partial charge < -0.3 is 28.1 Å². The lowest BCUT2D eigenvalue weighted by atomic mass is 10.0. The molecular weight excluding hydrogens is 496 g/mol. The molecule has 1 unspecified atom stereocenters. The number of alkyl carbamates (subject to hydrolysis) is 1. The van der Waals surface area contributed by atoms with Gasteiger partial charge in [0.2, 0.25) is 0 Å². The summed E-state index contributed by atoms with van der Waals surface area (Å²) >= 11 is 0. The van der Waals surface area contributed by atoms with E-state index in [2.05, 4.69) is 5.32 Å². The summed E-state index contributed by atoms with van der Waals surface area (Å²) in [5, 5.41) is 1.06. The molecule has 0 saturated heterocycles. The van der Waals surface area contributed by atoms with Crippen molar-refractivity contribution in [3.63, 3.8) is 0 Å². The van der Waals surface area contributed by atoms with Crippen LogP contribution < -0.4 is 5.32 Å². The van der Waals surface area contributed by atoms with E-state index in [1.165, 1.54) is 0 Å². The fraction of sp³-hybridized carbons (Fsp3) is 0.652. The van der Waals surface area contributed by atoms with Crippen LogP contribution >= 0.6 is 15.2 Å². The highest BCUT2D eigenvalue weighted by molar-refractivity contribution is 7.72. The summed E-state index contributed by atoms with van der Waals surface area (Å²) in [6.07, 6.45) is -1.27. The van der Waals surface area contributed by atoms with Crippen molar-refractivity contribution in [2.75, 3.05) is 26.4 Å². The first kappa shape index (κ1) is 31.5. The summed E-state index contributed by atoms with van der Waals surface area (Å²) < 4.78 is 55.1. The second-order valence-corrected chi connectivity index (χ2v) is 13.2. The van der Waals surface area contributed by atoms with E-state index in [0.29, 0.717) is 0 Å². The summed E-state index contributed by atoms with van der Waals surface area (Å²) in [7, 11) is -8.27. The van der Waals surface area contributed by atoms with Crippen LogP contribution in [0.5, 0.6) is 0 Å². The summed E-state index contributed by atoms with van der Waals surface area (Å²) in [6, 6.07) is 6.96. The maximum Gasteiger partial charge on any atom is 0.408 e. The number of Topliss-reactive ketones (excluding diaryl/α,β-unsaturated/α-hetero) is 1. The van der Waals surface area contributed by atoms with Crippen LogP contribution in [0.2, 0.25) is 0 Å². The average molecular weight is 536 g/mol. The molecule has 0 aliphatic heterocycles. The number of carbonyl (C=O) groups is 2. The van der Waals surface area contributed by atoms with Crippen molar-refractivity contribution in [1.29, 1.82) is 0 Å². The third-order valence-corrected chi connectivity index (χ3v) is 10.5. The molecule has 1 aromatic rings. The number of ether oxygens (including phenoxy) is 1. The molecule has 0 radical (unpaired) electrons. The van der Waals surface area contributed by atoms with Gasteiger partial charge >= 0.3 is 21.3 Å². The van der Waals surface area contributed by atoms with Crippen molar-refractivity contribution >= 4 is 27.1 Å². The van der Waals surface area contributed by atoms with Crippen molar-refractivity contribution in [2.24, 2.45) is 0 Å². The van der Waals surface area contributed by atoms with Crippen molar-refractivity contribution in [3.8, 4) is 0 Å². The predicted molar refractivity (Wildman–Crippen MR) is 134 cm³/mol. The van der Waals surface area contributed by atoms with E-state index in [4.69, 9.17) is 22.8 Å². The molecule has 1 rings (SSSR count). The molecule has 10 nitrogen and oxygen atoms in total. The largest absolute Gasteiger partial charge is 0.444 e. The van der Waals surface area contributed by atoms with Gasteiger partial charge in [0.25, 0.3) is 0 Å². The Morgan fingerprint density at radius 1 is 0.829 bits per heavy atom. The van der Waals surface area contributed by atoms with Gasteiger partial charge in [-0.15, -0.1) is 0 Å². The SMILES string of the molecule is CCOP(=O)(OCC)C(CC(NC(=O)OC(C)(C)C)C(=O)c1ccccc1)P(=O)(OCC)OCC. The summed E-state index contributed by atoms with van der Waals surface area (Å²) in [6.45, 7) is 11.4. The van der Waals surface area contributed by atoms with Crippen LogP contribution in [0.25, 0.3) is 0 Å². The first-order valence-electron chi connectivity index (χ1n) is 11.7. The van der Waals surface area contributed by atoms with Crippen molar-refractivity contribution in [2.45, 2.75) is 71.9 Å². The number of benzene rings is 1. The van der Waals surface area contributed by atoms with E-state index < -0.39 is 50.5 Å². The zero-order valence-corrected chi connectivity index (χ0v) is 23.4. The van der Waals surface area contributed by atoms with E-state index in [9.17, 15) is 18.7 Å². The molecular formula is C23H39NO9P2. The minimum Gasteiger partial charge on any atom is -0.444 e. The molecule has 1 amide bonds. The molecule has 1 aromatic carbocycles. The monoisotopic (exact) mass is 535 g/mol. The Labute approximate surface area is 208 Å². The van der Waals surface area contributed by atoms with Gasteiger partial charge in [-0.3, -0.25) is 13.9 Å². The van der Waals surface area contributed by atoms with E-state index in [0.717, 1.165) is 0 Å². The third-order valence-electron chi connectivity index (χ3n) is 4.48. The van der Waals surface area contributed by atoms with Crippen LogP contribution in [-0.4, -0.2) is 55.3 Å². The molecule has 1 atom stereocenters. The molecule has 0 bridgehead atoms. The van der Waals surface area contributed by atoms with Crippen LogP contribution in [0.4, 0.5) is 4.79 Å². The quantitative estimate of drug-likeness (QED) is 0.212. The molecule has 0 heterocycles. The van der Waals surface area contributed by atoms with Gasteiger partial charge in [0, 0.05) is 12.0 Å². The molecule has 200 valence electrons. The smallest absolute Gasteiger partial charge is 0.408 e. The predicted octanol–water partition coefficient (Wildman–Crippen LogP) is 6.01. The Bertz CT molecular complexity index is 852. The van der Waals surface area contributed by atoms with Crippen LogP contribution in [-0.2, 0) is 32.0 Å². The molecule has 1 N–H and O–H groups in total. The van der Waals surface area contributed by atoms with Gasteiger partial charge in [-0.05, 0) is 48.5 Å². The lowest BCUT2D eigenvalue weighted by Gasteiger charge is -2.33. The van der Waals surface area contributed by atoms with Crippen LogP contribution in [0, 0.1) is 0 Å². The minimum atomic E-state index is -4.14. The van der Waals surface area contributed by atoms with E-state index in [1.807, 2.05) is 0 Å². The first-order chi connectivity index (χ1) is 16.4. The van der Waals surface area contributed by atoms with Gasteiger partial charge in [-0.1, -0.05) is 30.3 Å². The Balaban J connectivity index is 3.58. The molecule has 0 aliphatic rings.